The molecule has 1 aromatic rings. The van der Waals surface area contributed by atoms with Crippen LogP contribution in [0, 0.1) is 0 Å². The van der Waals surface area contributed by atoms with E-state index >= 15 is 0 Å². The molecule has 0 aliphatic heterocycles. The maximum absolute atomic E-state index is 11.9. The summed E-state index contributed by atoms with van der Waals surface area (Å²) in [5.41, 5.74) is 7.42. The van der Waals surface area contributed by atoms with E-state index in [-0.39, 0.29) is 6.42 Å². The van der Waals surface area contributed by atoms with Gasteiger partial charge in [0.2, 0.25) is 5.91 Å². The predicted molar refractivity (Wildman–Crippen MR) is 69.5 cm³/mol. The summed E-state index contributed by atoms with van der Waals surface area (Å²) in [5.74, 6) is -1.48. The number of carboxylic acid groups (broad SMARTS) is 1. The van der Waals surface area contributed by atoms with Gasteiger partial charge in [-0.25, -0.2) is 0 Å². The average Bonchev–Trinajstić information content (AvgIpc) is 2.36. The van der Waals surface area contributed by atoms with Gasteiger partial charge in [0.1, 0.15) is 0 Å². The predicted octanol–water partition coefficient (Wildman–Crippen LogP) is 1.01. The fourth-order valence-corrected chi connectivity index (χ4v) is 1.61. The molecule has 0 saturated carbocycles. The van der Waals surface area contributed by atoms with Crippen LogP contribution >= 0.6 is 0 Å². The van der Waals surface area contributed by atoms with Crippen molar-refractivity contribution in [3.05, 3.63) is 29.8 Å². The second-order valence-corrected chi connectivity index (χ2v) is 4.12. The van der Waals surface area contributed by atoms with Crippen LogP contribution in [-0.2, 0) is 16.0 Å². The molecule has 0 aromatic heterocycles. The summed E-state index contributed by atoms with van der Waals surface area (Å²) in [6.07, 6.45) is 0.562. The Morgan fingerprint density at radius 1 is 1.33 bits per heavy atom. The van der Waals surface area contributed by atoms with Crippen molar-refractivity contribution in [3.8, 4) is 0 Å². The van der Waals surface area contributed by atoms with Gasteiger partial charge in [-0.15, -0.1) is 0 Å². The van der Waals surface area contributed by atoms with E-state index in [0.29, 0.717) is 5.69 Å². The highest BCUT2D eigenvalue weighted by molar-refractivity contribution is 5.98. The molecule has 0 bridgehead atoms. The van der Waals surface area contributed by atoms with Crippen LogP contribution in [0.25, 0.3) is 0 Å². The van der Waals surface area contributed by atoms with Gasteiger partial charge in [-0.1, -0.05) is 19.1 Å². The number of nitrogens with zero attached hydrogens (tertiary/aromatic N) is 1. The lowest BCUT2D eigenvalue weighted by atomic mass is 10.1. The molecule has 18 heavy (non-hydrogen) atoms. The van der Waals surface area contributed by atoms with E-state index in [1.807, 2.05) is 31.2 Å². The average molecular weight is 250 g/mol. The zero-order valence-electron chi connectivity index (χ0n) is 10.6. The number of aliphatic carboxylic acids is 1. The minimum atomic E-state index is -1.08. The molecule has 0 heterocycles. The Kier molecular flexibility index (Phi) is 4.85. The minimum absolute atomic E-state index is 0.365. The number of hydrogen-bond donors (Lipinski definition) is 2. The van der Waals surface area contributed by atoms with Gasteiger partial charge in [0.25, 0.3) is 0 Å². The second-order valence-electron chi connectivity index (χ2n) is 4.12. The normalized spacial score (nSPS) is 11.9. The van der Waals surface area contributed by atoms with Crippen LogP contribution in [0.2, 0.25) is 0 Å². The zero-order valence-corrected chi connectivity index (χ0v) is 10.6. The van der Waals surface area contributed by atoms with E-state index in [9.17, 15) is 9.59 Å². The van der Waals surface area contributed by atoms with Crippen molar-refractivity contribution in [1.29, 1.82) is 0 Å². The van der Waals surface area contributed by atoms with Crippen molar-refractivity contribution in [3.63, 3.8) is 0 Å². The van der Waals surface area contributed by atoms with Crippen LogP contribution in [0.3, 0.4) is 0 Å². The number of rotatable bonds is 5. The Balaban J connectivity index is 2.75. The van der Waals surface area contributed by atoms with Gasteiger partial charge in [-0.05, 0) is 24.1 Å². The molecule has 1 unspecified atom stereocenters. The van der Waals surface area contributed by atoms with E-state index in [0.717, 1.165) is 6.42 Å². The van der Waals surface area contributed by atoms with Gasteiger partial charge in [-0.2, -0.15) is 0 Å². The zero-order chi connectivity index (χ0) is 13.7. The van der Waals surface area contributed by atoms with E-state index in [1.54, 1.807) is 7.05 Å². The van der Waals surface area contributed by atoms with Crippen molar-refractivity contribution in [2.45, 2.75) is 25.8 Å². The molecule has 1 aromatic carbocycles. The third-order valence-corrected chi connectivity index (χ3v) is 2.77. The van der Waals surface area contributed by atoms with Crippen molar-refractivity contribution in [2.24, 2.45) is 5.73 Å². The van der Waals surface area contributed by atoms with E-state index < -0.39 is 17.9 Å². The maximum atomic E-state index is 11.9. The lowest BCUT2D eigenvalue weighted by Crippen LogP contribution is -2.43. The molecule has 0 radical (unpaired) electrons. The summed E-state index contributed by atoms with van der Waals surface area (Å²) in [5, 5.41) is 8.60. The first-order valence-electron chi connectivity index (χ1n) is 5.79. The number of carboxylic acids is 1. The van der Waals surface area contributed by atoms with E-state index in [4.69, 9.17) is 10.8 Å². The van der Waals surface area contributed by atoms with Crippen LogP contribution < -0.4 is 10.6 Å². The second kappa shape index (κ2) is 6.16. The number of anilines is 1. The summed E-state index contributed by atoms with van der Waals surface area (Å²) < 4.78 is 0. The number of carbonyl (C=O) groups excluding carboxylic acids is 1. The Morgan fingerprint density at radius 3 is 2.33 bits per heavy atom. The van der Waals surface area contributed by atoms with Crippen LogP contribution in [-0.4, -0.2) is 30.1 Å². The first-order valence-corrected chi connectivity index (χ1v) is 5.79. The number of aryl methyl sites for hydroxylation is 1. The van der Waals surface area contributed by atoms with Gasteiger partial charge in [0.15, 0.2) is 0 Å². The molecule has 0 saturated heterocycles. The molecule has 5 heteroatoms. The SMILES string of the molecule is CCc1ccc(N(C)C(=O)C(N)CC(=O)O)cc1. The standard InChI is InChI=1S/C13H18N2O3/c1-3-9-4-6-10(7-5-9)15(2)13(18)11(14)8-12(16)17/h4-7,11H,3,8,14H2,1-2H3,(H,16,17). The van der Waals surface area contributed by atoms with E-state index in [1.165, 1.54) is 10.5 Å². The van der Waals surface area contributed by atoms with Crippen molar-refractivity contribution >= 4 is 17.6 Å². The summed E-state index contributed by atoms with van der Waals surface area (Å²) in [6, 6.07) is 6.50. The third-order valence-electron chi connectivity index (χ3n) is 2.77. The van der Waals surface area contributed by atoms with Gasteiger partial charge >= 0.3 is 5.97 Å². The topological polar surface area (TPSA) is 83.6 Å². The molecule has 0 fully saturated rings. The minimum Gasteiger partial charge on any atom is -0.481 e. The highest BCUT2D eigenvalue weighted by atomic mass is 16.4. The van der Waals surface area contributed by atoms with Gasteiger partial charge in [0.05, 0.1) is 12.5 Å². The van der Waals surface area contributed by atoms with Gasteiger partial charge < -0.3 is 15.7 Å². The molecule has 5 nitrogen and oxygen atoms in total. The van der Waals surface area contributed by atoms with E-state index in [2.05, 4.69) is 0 Å². The van der Waals surface area contributed by atoms with Crippen molar-refractivity contribution in [2.75, 3.05) is 11.9 Å². The first-order chi connectivity index (χ1) is 8.45. The third kappa shape index (κ3) is 3.56. The van der Waals surface area contributed by atoms with Gasteiger partial charge in [-0.3, -0.25) is 9.59 Å². The smallest absolute Gasteiger partial charge is 0.305 e. The molecule has 0 aliphatic carbocycles. The summed E-state index contributed by atoms with van der Waals surface area (Å²) in [4.78, 5) is 23.8. The monoisotopic (exact) mass is 250 g/mol. The molecular formula is C13H18N2O3. The number of nitrogens with two attached hydrogens (primary N) is 1. The number of hydrogen-bond acceptors (Lipinski definition) is 3. The number of benzene rings is 1. The van der Waals surface area contributed by atoms with Crippen LogP contribution in [0.4, 0.5) is 5.69 Å². The Morgan fingerprint density at radius 2 is 1.89 bits per heavy atom. The number of carbonyl (C=O) groups is 2. The fourth-order valence-electron chi connectivity index (χ4n) is 1.61. The summed E-state index contributed by atoms with van der Waals surface area (Å²) >= 11 is 0. The molecule has 98 valence electrons. The molecule has 1 amide bonds. The Hall–Kier alpha value is -1.88. The molecule has 0 aliphatic rings. The fraction of sp³-hybridized carbons (Fsp3) is 0.385. The summed E-state index contributed by atoms with van der Waals surface area (Å²) in [6.45, 7) is 2.05. The molecular weight excluding hydrogens is 232 g/mol. The van der Waals surface area contributed by atoms with Crippen molar-refractivity contribution in [1.82, 2.24) is 0 Å². The van der Waals surface area contributed by atoms with Crippen LogP contribution in [0.5, 0.6) is 0 Å². The van der Waals surface area contributed by atoms with Crippen molar-refractivity contribution < 1.29 is 14.7 Å². The van der Waals surface area contributed by atoms with Gasteiger partial charge in [0, 0.05) is 12.7 Å². The lowest BCUT2D eigenvalue weighted by Gasteiger charge is -2.20. The Labute approximate surface area is 106 Å². The molecule has 1 rings (SSSR count). The Bertz CT molecular complexity index is 428. The molecule has 3 N–H and O–H groups in total. The molecule has 0 spiro atoms. The highest BCUT2D eigenvalue weighted by Gasteiger charge is 2.21. The maximum Gasteiger partial charge on any atom is 0.305 e. The summed E-state index contributed by atoms with van der Waals surface area (Å²) in [7, 11) is 1.59. The van der Waals surface area contributed by atoms with Crippen LogP contribution in [0.1, 0.15) is 18.9 Å². The number of amides is 1. The highest BCUT2D eigenvalue weighted by Crippen LogP contribution is 2.15. The van der Waals surface area contributed by atoms with Crippen LogP contribution in [0.15, 0.2) is 24.3 Å². The quantitative estimate of drug-likeness (QED) is 0.817. The molecule has 1 atom stereocenters. The lowest BCUT2D eigenvalue weighted by molar-refractivity contribution is -0.139. The largest absolute Gasteiger partial charge is 0.481 e. The number of likely N-dealkylation sites (N-methyl/N-ethyl adjacent to an activating group) is 1. The first kappa shape index (κ1) is 14.2.